The van der Waals surface area contributed by atoms with Crippen LogP contribution in [0.3, 0.4) is 0 Å². The summed E-state index contributed by atoms with van der Waals surface area (Å²) in [5.41, 5.74) is 4.88. The van der Waals surface area contributed by atoms with Crippen molar-refractivity contribution in [2.24, 2.45) is 0 Å². The Morgan fingerprint density at radius 2 is 1.94 bits per heavy atom. The van der Waals surface area contributed by atoms with E-state index in [9.17, 15) is 9.90 Å². The molecule has 3 aliphatic heterocycles. The molecule has 0 radical (unpaired) electrons. The highest BCUT2D eigenvalue weighted by molar-refractivity contribution is 6.31. The van der Waals surface area contributed by atoms with Gasteiger partial charge in [-0.05, 0) is 86.3 Å². The summed E-state index contributed by atoms with van der Waals surface area (Å²) >= 11 is 6.22. The van der Waals surface area contributed by atoms with E-state index in [-0.39, 0.29) is 12.5 Å². The fraction of sp³-hybridized carbons (Fsp3) is 0.423. The zero-order valence-corrected chi connectivity index (χ0v) is 19.5. The molecular weight excluding hydrogens is 438 g/mol. The van der Waals surface area contributed by atoms with Gasteiger partial charge in [-0.3, -0.25) is 9.69 Å². The molecule has 1 amide bonds. The van der Waals surface area contributed by atoms with E-state index in [2.05, 4.69) is 33.8 Å². The number of anilines is 2. The smallest absolute Gasteiger partial charge is 0.235 e. The molecule has 1 spiro atoms. The van der Waals surface area contributed by atoms with E-state index < -0.39 is 5.41 Å². The first-order chi connectivity index (χ1) is 16.0. The second kappa shape index (κ2) is 9.01. The number of fused-ring (bicyclic) bond motifs is 3. The molecule has 6 nitrogen and oxygen atoms in total. The lowest BCUT2D eigenvalue weighted by molar-refractivity contribution is -0.122. The van der Waals surface area contributed by atoms with Crippen LogP contribution >= 0.6 is 11.6 Å². The lowest BCUT2D eigenvalue weighted by Gasteiger charge is -2.38. The van der Waals surface area contributed by atoms with E-state index in [0.717, 1.165) is 73.7 Å². The summed E-state index contributed by atoms with van der Waals surface area (Å²) < 4.78 is 6.08. The number of halogens is 1. The fourth-order valence-corrected chi connectivity index (χ4v) is 5.58. The van der Waals surface area contributed by atoms with Gasteiger partial charge in [-0.15, -0.1) is 0 Å². The van der Waals surface area contributed by atoms with Crippen molar-refractivity contribution in [3.63, 3.8) is 0 Å². The zero-order chi connectivity index (χ0) is 23.0. The topological polar surface area (TPSA) is 65.0 Å². The van der Waals surface area contributed by atoms with E-state index in [1.54, 1.807) is 0 Å². The predicted octanol–water partition coefficient (Wildman–Crippen LogP) is 3.96. The SMILES string of the molecule is C=C1CCc2cc(OCCN3CCC4(CC3)C(=O)Nc3ccc(Cl)cc34)ccc2N1CCO. The number of rotatable bonds is 6. The number of hydrogen-bond acceptors (Lipinski definition) is 5. The number of aliphatic hydroxyl groups is 1. The Bertz CT molecular complexity index is 1080. The summed E-state index contributed by atoms with van der Waals surface area (Å²) in [7, 11) is 0. The zero-order valence-electron chi connectivity index (χ0n) is 18.8. The average molecular weight is 468 g/mol. The third kappa shape index (κ3) is 4.12. The number of nitrogens with zero attached hydrogens (tertiary/aromatic N) is 2. The van der Waals surface area contributed by atoms with Crippen LogP contribution in [0.2, 0.25) is 5.02 Å². The largest absolute Gasteiger partial charge is 0.492 e. The molecule has 5 rings (SSSR count). The van der Waals surface area contributed by atoms with Crippen LogP contribution in [0.1, 0.15) is 30.4 Å². The Morgan fingerprint density at radius 1 is 1.12 bits per heavy atom. The van der Waals surface area contributed by atoms with E-state index >= 15 is 0 Å². The lowest BCUT2D eigenvalue weighted by Crippen LogP contribution is -2.47. The average Bonchev–Trinajstić information content (AvgIpc) is 3.08. The van der Waals surface area contributed by atoms with Crippen molar-refractivity contribution < 1.29 is 14.6 Å². The summed E-state index contributed by atoms with van der Waals surface area (Å²) in [6.45, 7) is 7.94. The van der Waals surface area contributed by atoms with Gasteiger partial charge in [0, 0.05) is 35.2 Å². The second-order valence-corrected chi connectivity index (χ2v) is 9.58. The van der Waals surface area contributed by atoms with Crippen LogP contribution in [0.5, 0.6) is 5.75 Å². The minimum atomic E-state index is -0.458. The number of benzene rings is 2. The first kappa shape index (κ1) is 22.3. The second-order valence-electron chi connectivity index (χ2n) is 9.15. The standard InChI is InChI=1S/C26H30ClN3O3/c1-18-2-3-19-16-21(5-7-24(19)30(18)12-14-31)33-15-13-29-10-8-26(9-11-29)22-17-20(27)4-6-23(22)28-25(26)32/h4-7,16-17,31H,1-3,8-15H2,(H,28,32). The molecule has 0 aromatic heterocycles. The van der Waals surface area contributed by atoms with Gasteiger partial charge in [0.2, 0.25) is 5.91 Å². The highest BCUT2D eigenvalue weighted by Gasteiger charge is 2.48. The number of ether oxygens (including phenoxy) is 1. The number of piperidine rings is 1. The maximum absolute atomic E-state index is 12.8. The van der Waals surface area contributed by atoms with Gasteiger partial charge < -0.3 is 20.1 Å². The minimum absolute atomic E-state index is 0.0997. The fourth-order valence-electron chi connectivity index (χ4n) is 5.41. The van der Waals surface area contributed by atoms with Gasteiger partial charge in [0.15, 0.2) is 0 Å². The molecule has 0 atom stereocenters. The Hall–Kier alpha value is -2.54. The lowest BCUT2D eigenvalue weighted by atomic mass is 9.73. The summed E-state index contributed by atoms with van der Waals surface area (Å²) in [6.07, 6.45) is 3.41. The van der Waals surface area contributed by atoms with Gasteiger partial charge in [0.25, 0.3) is 0 Å². The number of aryl methyl sites for hydroxylation is 1. The van der Waals surface area contributed by atoms with E-state index in [0.29, 0.717) is 18.2 Å². The Morgan fingerprint density at radius 3 is 2.73 bits per heavy atom. The van der Waals surface area contributed by atoms with Crippen LogP contribution in [0.15, 0.2) is 48.7 Å². The van der Waals surface area contributed by atoms with Crippen molar-refractivity contribution in [2.45, 2.75) is 31.1 Å². The van der Waals surface area contributed by atoms with E-state index in [4.69, 9.17) is 16.3 Å². The van der Waals surface area contributed by atoms with Crippen molar-refractivity contribution in [3.05, 3.63) is 64.8 Å². The highest BCUT2D eigenvalue weighted by atomic mass is 35.5. The number of likely N-dealkylation sites (tertiary alicyclic amines) is 1. The molecule has 0 bridgehead atoms. The van der Waals surface area contributed by atoms with Crippen molar-refractivity contribution in [1.29, 1.82) is 0 Å². The third-order valence-electron chi connectivity index (χ3n) is 7.30. The maximum atomic E-state index is 12.8. The molecule has 2 aromatic carbocycles. The summed E-state index contributed by atoms with van der Waals surface area (Å²) in [5, 5.41) is 13.1. The van der Waals surface area contributed by atoms with Crippen LogP contribution in [0, 0.1) is 0 Å². The molecule has 0 unspecified atom stereocenters. The van der Waals surface area contributed by atoms with Crippen LogP contribution in [-0.4, -0.2) is 55.3 Å². The molecule has 1 fully saturated rings. The third-order valence-corrected chi connectivity index (χ3v) is 7.53. The highest BCUT2D eigenvalue weighted by Crippen LogP contribution is 2.45. The van der Waals surface area contributed by atoms with Crippen molar-refractivity contribution in [1.82, 2.24) is 4.90 Å². The van der Waals surface area contributed by atoms with Gasteiger partial charge in [0.05, 0.1) is 12.0 Å². The molecule has 1 saturated heterocycles. The summed E-state index contributed by atoms with van der Waals surface area (Å²) in [6, 6.07) is 11.9. The maximum Gasteiger partial charge on any atom is 0.235 e. The number of amides is 1. The number of hydrogen-bond donors (Lipinski definition) is 2. The molecule has 3 heterocycles. The van der Waals surface area contributed by atoms with E-state index in [1.165, 1.54) is 5.56 Å². The number of nitrogens with one attached hydrogen (secondary N) is 1. The summed E-state index contributed by atoms with van der Waals surface area (Å²) in [4.78, 5) is 17.3. The quantitative estimate of drug-likeness (QED) is 0.673. The molecule has 2 aromatic rings. The minimum Gasteiger partial charge on any atom is -0.492 e. The number of β-amino-alcohol motifs (C(OH)–C–C–N with tert-alkyl or cyclic N) is 1. The Labute approximate surface area is 199 Å². The molecular formula is C26H30ClN3O3. The monoisotopic (exact) mass is 467 g/mol. The van der Waals surface area contributed by atoms with E-state index in [1.807, 2.05) is 24.3 Å². The molecule has 3 aliphatic rings. The number of carbonyl (C=O) groups excluding carboxylic acids is 1. The van der Waals surface area contributed by atoms with Gasteiger partial charge in [-0.25, -0.2) is 0 Å². The Kier molecular flexibility index (Phi) is 6.08. The first-order valence-electron chi connectivity index (χ1n) is 11.7. The van der Waals surface area contributed by atoms with Crippen LogP contribution < -0.4 is 15.0 Å². The normalized spacial score (nSPS) is 19.4. The molecule has 33 heavy (non-hydrogen) atoms. The molecule has 2 N–H and O–H groups in total. The molecule has 7 heteroatoms. The number of carbonyl (C=O) groups is 1. The van der Waals surface area contributed by atoms with Crippen molar-refractivity contribution >= 4 is 28.9 Å². The van der Waals surface area contributed by atoms with Crippen LogP contribution in [-0.2, 0) is 16.6 Å². The van der Waals surface area contributed by atoms with Crippen LogP contribution in [0.4, 0.5) is 11.4 Å². The molecule has 174 valence electrons. The van der Waals surface area contributed by atoms with Crippen molar-refractivity contribution in [2.75, 3.05) is 49.6 Å². The van der Waals surface area contributed by atoms with Gasteiger partial charge >= 0.3 is 0 Å². The van der Waals surface area contributed by atoms with Crippen LogP contribution in [0.25, 0.3) is 0 Å². The predicted molar refractivity (Wildman–Crippen MR) is 131 cm³/mol. The van der Waals surface area contributed by atoms with Crippen molar-refractivity contribution in [3.8, 4) is 5.75 Å². The number of aliphatic hydroxyl groups excluding tert-OH is 1. The molecule has 0 aliphatic carbocycles. The Balaban J connectivity index is 1.17. The first-order valence-corrected chi connectivity index (χ1v) is 12.0. The molecule has 0 saturated carbocycles. The number of allylic oxidation sites excluding steroid dienone is 1. The van der Waals surface area contributed by atoms with Gasteiger partial charge in [0.1, 0.15) is 12.4 Å². The van der Waals surface area contributed by atoms with Gasteiger partial charge in [-0.2, -0.15) is 0 Å². The summed E-state index contributed by atoms with van der Waals surface area (Å²) in [5.74, 6) is 0.972. The van der Waals surface area contributed by atoms with Gasteiger partial charge in [-0.1, -0.05) is 18.2 Å².